The Bertz CT molecular complexity index is 769. The fourth-order valence-corrected chi connectivity index (χ4v) is 2.16. The largest absolute Gasteiger partial charge is 0.465 e. The van der Waals surface area contributed by atoms with E-state index in [0.29, 0.717) is 28.9 Å². The number of ether oxygens (including phenoxy) is 1. The van der Waals surface area contributed by atoms with Crippen LogP contribution in [0.4, 0.5) is 5.69 Å². The number of carbonyl (C=O) groups is 3. The third-order valence-electron chi connectivity index (χ3n) is 3.49. The van der Waals surface area contributed by atoms with Crippen LogP contribution >= 0.6 is 0 Å². The molecule has 0 aliphatic rings. The SMILES string of the molecule is CCCNC(=O)c1cccc(NC(=O)c2ccc(C(=O)OC)cc2)c1. The summed E-state index contributed by atoms with van der Waals surface area (Å²) in [5, 5.41) is 5.52. The maximum Gasteiger partial charge on any atom is 0.337 e. The van der Waals surface area contributed by atoms with Gasteiger partial charge in [-0.25, -0.2) is 4.79 Å². The van der Waals surface area contributed by atoms with E-state index < -0.39 is 5.97 Å². The summed E-state index contributed by atoms with van der Waals surface area (Å²) < 4.78 is 4.62. The van der Waals surface area contributed by atoms with Crippen molar-refractivity contribution < 1.29 is 19.1 Å². The molecule has 0 fully saturated rings. The van der Waals surface area contributed by atoms with Crippen molar-refractivity contribution in [2.45, 2.75) is 13.3 Å². The summed E-state index contributed by atoms with van der Waals surface area (Å²) in [5.74, 6) is -0.972. The van der Waals surface area contributed by atoms with Crippen LogP contribution in [0.2, 0.25) is 0 Å². The Labute approximate surface area is 146 Å². The predicted octanol–water partition coefficient (Wildman–Crippen LogP) is 2.87. The van der Waals surface area contributed by atoms with Crippen LogP contribution in [0.3, 0.4) is 0 Å². The van der Waals surface area contributed by atoms with Gasteiger partial charge in [-0.1, -0.05) is 13.0 Å². The molecule has 0 aliphatic carbocycles. The Morgan fingerprint density at radius 2 is 1.60 bits per heavy atom. The lowest BCUT2D eigenvalue weighted by Gasteiger charge is -2.08. The van der Waals surface area contributed by atoms with Crippen molar-refractivity contribution in [1.82, 2.24) is 5.32 Å². The highest BCUT2D eigenvalue weighted by Gasteiger charge is 2.11. The molecule has 0 bridgehead atoms. The lowest BCUT2D eigenvalue weighted by molar-refractivity contribution is 0.0600. The summed E-state index contributed by atoms with van der Waals surface area (Å²) in [4.78, 5) is 35.7. The minimum absolute atomic E-state index is 0.180. The molecule has 6 heteroatoms. The van der Waals surface area contributed by atoms with Gasteiger partial charge in [0, 0.05) is 23.4 Å². The number of rotatable bonds is 6. The Morgan fingerprint density at radius 3 is 2.24 bits per heavy atom. The number of esters is 1. The van der Waals surface area contributed by atoms with Crippen LogP contribution in [0.25, 0.3) is 0 Å². The molecule has 0 aromatic heterocycles. The minimum Gasteiger partial charge on any atom is -0.465 e. The van der Waals surface area contributed by atoms with Gasteiger partial charge in [0.05, 0.1) is 12.7 Å². The molecular weight excluding hydrogens is 320 g/mol. The van der Waals surface area contributed by atoms with Gasteiger partial charge in [0.1, 0.15) is 0 Å². The monoisotopic (exact) mass is 340 g/mol. The molecule has 130 valence electrons. The average Bonchev–Trinajstić information content (AvgIpc) is 2.65. The second-order valence-electron chi connectivity index (χ2n) is 5.36. The summed E-state index contributed by atoms with van der Waals surface area (Å²) in [5.41, 5.74) is 1.76. The van der Waals surface area contributed by atoms with Crippen LogP contribution in [0.5, 0.6) is 0 Å². The molecular formula is C19H20N2O4. The molecule has 0 saturated heterocycles. The summed E-state index contributed by atoms with van der Waals surface area (Å²) in [7, 11) is 1.30. The van der Waals surface area contributed by atoms with Gasteiger partial charge >= 0.3 is 5.97 Å². The van der Waals surface area contributed by atoms with E-state index in [2.05, 4.69) is 15.4 Å². The second-order valence-corrected chi connectivity index (χ2v) is 5.36. The fraction of sp³-hybridized carbons (Fsp3) is 0.211. The van der Waals surface area contributed by atoms with E-state index in [9.17, 15) is 14.4 Å². The van der Waals surface area contributed by atoms with Crippen molar-refractivity contribution in [3.8, 4) is 0 Å². The van der Waals surface area contributed by atoms with Crippen molar-refractivity contribution in [2.24, 2.45) is 0 Å². The summed E-state index contributed by atoms with van der Waals surface area (Å²) in [6.07, 6.45) is 0.851. The maximum atomic E-state index is 12.3. The van der Waals surface area contributed by atoms with E-state index in [1.807, 2.05) is 6.92 Å². The molecule has 6 nitrogen and oxygen atoms in total. The molecule has 2 N–H and O–H groups in total. The molecule has 0 radical (unpaired) electrons. The normalized spacial score (nSPS) is 10.0. The first-order valence-electron chi connectivity index (χ1n) is 7.93. The number of amides is 2. The van der Waals surface area contributed by atoms with Crippen LogP contribution in [0.1, 0.15) is 44.4 Å². The Hall–Kier alpha value is -3.15. The quantitative estimate of drug-likeness (QED) is 0.792. The molecule has 0 saturated carbocycles. The highest BCUT2D eigenvalue weighted by Crippen LogP contribution is 2.13. The molecule has 2 rings (SSSR count). The number of nitrogens with one attached hydrogen (secondary N) is 2. The number of carbonyl (C=O) groups excluding carboxylic acids is 3. The van der Waals surface area contributed by atoms with Crippen LogP contribution in [0, 0.1) is 0 Å². The number of benzene rings is 2. The highest BCUT2D eigenvalue weighted by atomic mass is 16.5. The maximum absolute atomic E-state index is 12.3. The first-order valence-corrected chi connectivity index (χ1v) is 7.93. The van der Waals surface area contributed by atoms with Crippen molar-refractivity contribution in [2.75, 3.05) is 19.0 Å². The van der Waals surface area contributed by atoms with E-state index in [4.69, 9.17) is 0 Å². The number of hydrogen-bond acceptors (Lipinski definition) is 4. The molecule has 25 heavy (non-hydrogen) atoms. The lowest BCUT2D eigenvalue weighted by Crippen LogP contribution is -2.24. The van der Waals surface area contributed by atoms with E-state index >= 15 is 0 Å². The smallest absolute Gasteiger partial charge is 0.337 e. The van der Waals surface area contributed by atoms with Crippen LogP contribution in [-0.4, -0.2) is 31.4 Å². The Kier molecular flexibility index (Phi) is 6.28. The zero-order chi connectivity index (χ0) is 18.2. The van der Waals surface area contributed by atoms with Crippen LogP contribution in [-0.2, 0) is 4.74 Å². The lowest BCUT2D eigenvalue weighted by atomic mass is 10.1. The molecule has 2 aromatic carbocycles. The Balaban J connectivity index is 2.07. The first-order chi connectivity index (χ1) is 12.0. The highest BCUT2D eigenvalue weighted by molar-refractivity contribution is 6.05. The van der Waals surface area contributed by atoms with Gasteiger partial charge in [-0.05, 0) is 48.9 Å². The summed E-state index contributed by atoms with van der Waals surface area (Å²) in [6, 6.07) is 12.8. The first kappa shape index (κ1) is 18.2. The van der Waals surface area contributed by atoms with E-state index in [-0.39, 0.29) is 11.8 Å². The van der Waals surface area contributed by atoms with Gasteiger partial charge < -0.3 is 15.4 Å². The van der Waals surface area contributed by atoms with Gasteiger partial charge in [-0.2, -0.15) is 0 Å². The molecule has 0 unspecified atom stereocenters. The van der Waals surface area contributed by atoms with Crippen molar-refractivity contribution in [1.29, 1.82) is 0 Å². The van der Waals surface area contributed by atoms with Gasteiger partial charge in [0.2, 0.25) is 0 Å². The van der Waals surface area contributed by atoms with Gasteiger partial charge in [-0.15, -0.1) is 0 Å². The van der Waals surface area contributed by atoms with Crippen molar-refractivity contribution in [3.63, 3.8) is 0 Å². The number of methoxy groups -OCH3 is 1. The van der Waals surface area contributed by atoms with Crippen molar-refractivity contribution in [3.05, 3.63) is 65.2 Å². The Morgan fingerprint density at radius 1 is 0.920 bits per heavy atom. The topological polar surface area (TPSA) is 84.5 Å². The predicted molar refractivity (Wildman–Crippen MR) is 94.8 cm³/mol. The molecule has 2 amide bonds. The average molecular weight is 340 g/mol. The third kappa shape index (κ3) is 4.91. The number of hydrogen-bond donors (Lipinski definition) is 2. The molecule has 0 atom stereocenters. The van der Waals surface area contributed by atoms with Gasteiger partial charge in [0.15, 0.2) is 0 Å². The molecule has 2 aromatic rings. The molecule has 0 spiro atoms. The van der Waals surface area contributed by atoms with E-state index in [1.165, 1.54) is 19.2 Å². The standard InChI is InChI=1S/C19H20N2O4/c1-3-11-20-17(22)15-5-4-6-16(12-15)21-18(23)13-7-9-14(10-8-13)19(24)25-2/h4-10,12H,3,11H2,1-2H3,(H,20,22)(H,21,23). The molecule has 0 aliphatic heterocycles. The summed E-state index contributed by atoms with van der Waals surface area (Å²) in [6.45, 7) is 2.57. The fourth-order valence-electron chi connectivity index (χ4n) is 2.16. The van der Waals surface area contributed by atoms with E-state index in [0.717, 1.165) is 6.42 Å². The third-order valence-corrected chi connectivity index (χ3v) is 3.49. The van der Waals surface area contributed by atoms with Crippen LogP contribution < -0.4 is 10.6 Å². The van der Waals surface area contributed by atoms with Gasteiger partial charge in [0.25, 0.3) is 11.8 Å². The summed E-state index contributed by atoms with van der Waals surface area (Å²) >= 11 is 0. The molecule has 0 heterocycles. The second kappa shape index (κ2) is 8.63. The van der Waals surface area contributed by atoms with Crippen LogP contribution in [0.15, 0.2) is 48.5 Å². The van der Waals surface area contributed by atoms with Crippen molar-refractivity contribution >= 4 is 23.5 Å². The van der Waals surface area contributed by atoms with E-state index in [1.54, 1.807) is 36.4 Å². The zero-order valence-electron chi connectivity index (χ0n) is 14.2. The van der Waals surface area contributed by atoms with Gasteiger partial charge in [-0.3, -0.25) is 9.59 Å². The number of anilines is 1. The zero-order valence-corrected chi connectivity index (χ0v) is 14.2. The minimum atomic E-state index is -0.460.